The predicted octanol–water partition coefficient (Wildman–Crippen LogP) is 3.15. The van der Waals surface area contributed by atoms with Gasteiger partial charge >= 0.3 is 5.97 Å². The first-order valence-corrected chi connectivity index (χ1v) is 8.29. The predicted molar refractivity (Wildman–Crippen MR) is 91.6 cm³/mol. The fraction of sp³-hybridized carbons (Fsp3) is 0.214. The highest BCUT2D eigenvalue weighted by Crippen LogP contribution is 2.24. The number of hydrogen-bond acceptors (Lipinski definition) is 8. The quantitative estimate of drug-likeness (QED) is 0.182. The van der Waals surface area contributed by atoms with Crippen molar-refractivity contribution in [2.45, 2.75) is 6.92 Å². The molecule has 2 rings (SSSR count). The van der Waals surface area contributed by atoms with E-state index in [4.69, 9.17) is 27.9 Å². The maximum Gasteiger partial charge on any atom is 0.343 e. The molecule has 25 heavy (non-hydrogen) atoms. The first-order valence-electron chi connectivity index (χ1n) is 6.80. The average molecular weight is 405 g/mol. The summed E-state index contributed by atoms with van der Waals surface area (Å²) in [7, 11) is 1.56. The number of halogens is 3. The maximum absolute atomic E-state index is 13.6. The Kier molecular flexibility index (Phi) is 6.40. The lowest BCUT2D eigenvalue weighted by molar-refractivity contribution is -0.138. The molecule has 0 saturated carbocycles. The van der Waals surface area contributed by atoms with Crippen LogP contribution in [0.15, 0.2) is 24.0 Å². The second-order valence-corrected chi connectivity index (χ2v) is 5.84. The van der Waals surface area contributed by atoms with E-state index in [2.05, 4.69) is 13.7 Å². The summed E-state index contributed by atoms with van der Waals surface area (Å²) in [6.45, 7) is 1.64. The zero-order valence-corrected chi connectivity index (χ0v) is 15.3. The van der Waals surface area contributed by atoms with Gasteiger partial charge in [0.1, 0.15) is 10.7 Å². The van der Waals surface area contributed by atoms with Crippen LogP contribution in [-0.2, 0) is 9.53 Å². The molecule has 0 spiro atoms. The number of ether oxygens (including phenoxy) is 1. The average Bonchev–Trinajstić information content (AvgIpc) is 3.10. The number of aromatic nitrogens is 3. The third-order valence-electron chi connectivity index (χ3n) is 2.91. The smallest absolute Gasteiger partial charge is 0.343 e. The third-order valence-corrected chi connectivity index (χ3v) is 3.93. The topological polar surface area (TPSA) is 85.3 Å². The summed E-state index contributed by atoms with van der Waals surface area (Å²) >= 11 is 12.3. The Morgan fingerprint density at radius 2 is 2.12 bits per heavy atom. The summed E-state index contributed by atoms with van der Waals surface area (Å²) in [6, 6.07) is 0.817. The fourth-order valence-corrected chi connectivity index (χ4v) is 2.59. The molecule has 0 fully saturated rings. The normalized spacial score (nSPS) is 11.3. The summed E-state index contributed by atoms with van der Waals surface area (Å²) < 4.78 is 26.4. The lowest BCUT2D eigenvalue weighted by Crippen LogP contribution is -2.21. The van der Waals surface area contributed by atoms with Crippen molar-refractivity contribution < 1.29 is 18.7 Å². The molecule has 2 aromatic heterocycles. The molecule has 0 saturated heterocycles. The van der Waals surface area contributed by atoms with Gasteiger partial charge in [-0.2, -0.15) is 8.75 Å². The van der Waals surface area contributed by atoms with Gasteiger partial charge in [-0.3, -0.25) is 4.79 Å². The lowest BCUT2D eigenvalue weighted by atomic mass is 10.1. The molecule has 7 nitrogen and oxygen atoms in total. The number of ketones is 1. The van der Waals surface area contributed by atoms with Gasteiger partial charge in [-0.25, -0.2) is 14.2 Å². The molecule has 2 heterocycles. The number of carbonyl (C=O) groups excluding carboxylic acids is 2. The SMILES string of the molecule is CCOC(=O)C(=CN(C)c1cnsn1)C(=O)c1cc(F)c(Cl)nc1Cl. The molecule has 0 aliphatic carbocycles. The molecular formula is C14H11Cl2FN4O3S. The summed E-state index contributed by atoms with van der Waals surface area (Å²) in [5.74, 6) is -2.28. The molecule has 0 radical (unpaired) electrons. The van der Waals surface area contributed by atoms with Crippen molar-refractivity contribution in [2.75, 3.05) is 18.6 Å². The first kappa shape index (κ1) is 19.2. The molecule has 0 bridgehead atoms. The Morgan fingerprint density at radius 1 is 1.40 bits per heavy atom. The summed E-state index contributed by atoms with van der Waals surface area (Å²) in [6.07, 6.45) is 2.66. The standard InChI is InChI=1S/C14H11Cl2FN4O3S/c1-3-24-14(23)8(6-21(2)10-5-18-25-20-10)11(22)7-4-9(17)13(16)19-12(7)15/h4-6H,3H2,1-2H3. The lowest BCUT2D eigenvalue weighted by Gasteiger charge is -2.13. The molecular weight excluding hydrogens is 394 g/mol. The Morgan fingerprint density at radius 3 is 2.72 bits per heavy atom. The minimum atomic E-state index is -0.935. The Bertz CT molecular complexity index is 830. The number of anilines is 1. The van der Waals surface area contributed by atoms with E-state index in [0.717, 1.165) is 17.8 Å². The number of hydrogen-bond donors (Lipinski definition) is 0. The second kappa shape index (κ2) is 8.32. The summed E-state index contributed by atoms with van der Waals surface area (Å²) in [5.41, 5.74) is -0.685. The van der Waals surface area contributed by atoms with Crippen molar-refractivity contribution in [2.24, 2.45) is 0 Å². The van der Waals surface area contributed by atoms with Crippen molar-refractivity contribution >= 4 is 52.5 Å². The summed E-state index contributed by atoms with van der Waals surface area (Å²) in [5, 5.41) is -0.807. The zero-order valence-electron chi connectivity index (χ0n) is 13.0. The molecule has 0 aliphatic rings. The number of esters is 1. The van der Waals surface area contributed by atoms with Crippen LogP contribution < -0.4 is 4.90 Å². The van der Waals surface area contributed by atoms with Gasteiger partial charge in [0.25, 0.3) is 0 Å². The monoisotopic (exact) mass is 404 g/mol. The van der Waals surface area contributed by atoms with Crippen molar-refractivity contribution in [3.05, 3.63) is 45.7 Å². The van der Waals surface area contributed by atoms with Crippen molar-refractivity contribution in [1.82, 2.24) is 13.7 Å². The van der Waals surface area contributed by atoms with Crippen LogP contribution in [0.25, 0.3) is 0 Å². The maximum atomic E-state index is 13.6. The van der Waals surface area contributed by atoms with Crippen LogP contribution in [0.4, 0.5) is 10.2 Å². The van der Waals surface area contributed by atoms with Crippen molar-refractivity contribution in [3.8, 4) is 0 Å². The molecule has 0 atom stereocenters. The van der Waals surface area contributed by atoms with Crippen LogP contribution in [0.1, 0.15) is 17.3 Å². The van der Waals surface area contributed by atoms with E-state index in [1.165, 1.54) is 17.3 Å². The number of nitrogens with zero attached hydrogens (tertiary/aromatic N) is 4. The highest BCUT2D eigenvalue weighted by molar-refractivity contribution is 6.99. The van der Waals surface area contributed by atoms with Crippen LogP contribution in [-0.4, -0.2) is 39.1 Å². The fourth-order valence-electron chi connectivity index (χ4n) is 1.74. The van der Waals surface area contributed by atoms with Gasteiger partial charge in [0.05, 0.1) is 30.1 Å². The van der Waals surface area contributed by atoms with E-state index in [1.54, 1.807) is 14.0 Å². The molecule has 0 N–H and O–H groups in total. The minimum Gasteiger partial charge on any atom is -0.462 e. The molecule has 0 amide bonds. The number of Topliss-reactive ketones (excluding diaryl/α,β-unsaturated/α-hetero) is 1. The number of pyridine rings is 1. The van der Waals surface area contributed by atoms with Gasteiger partial charge in [0, 0.05) is 13.2 Å². The number of rotatable bonds is 6. The van der Waals surface area contributed by atoms with E-state index in [9.17, 15) is 14.0 Å². The molecule has 0 aromatic carbocycles. The van der Waals surface area contributed by atoms with E-state index in [-0.39, 0.29) is 22.9 Å². The van der Waals surface area contributed by atoms with Crippen LogP contribution in [0.2, 0.25) is 10.3 Å². The van der Waals surface area contributed by atoms with Gasteiger partial charge < -0.3 is 9.64 Å². The molecule has 0 unspecified atom stereocenters. The van der Waals surface area contributed by atoms with Crippen LogP contribution in [0.3, 0.4) is 0 Å². The van der Waals surface area contributed by atoms with E-state index >= 15 is 0 Å². The zero-order chi connectivity index (χ0) is 18.6. The van der Waals surface area contributed by atoms with E-state index in [0.29, 0.717) is 5.82 Å². The molecule has 0 aliphatic heterocycles. The molecule has 2 aromatic rings. The largest absolute Gasteiger partial charge is 0.462 e. The highest BCUT2D eigenvalue weighted by atomic mass is 35.5. The van der Waals surface area contributed by atoms with Gasteiger partial charge in [-0.15, -0.1) is 0 Å². The van der Waals surface area contributed by atoms with Crippen LogP contribution in [0, 0.1) is 5.82 Å². The molecule has 11 heteroatoms. The Hall–Kier alpha value is -2.10. The Labute approximate surface area is 156 Å². The second-order valence-electron chi connectivity index (χ2n) is 4.57. The van der Waals surface area contributed by atoms with E-state index < -0.39 is 22.7 Å². The first-order chi connectivity index (χ1) is 11.8. The minimum absolute atomic E-state index is 0.0480. The Balaban J connectivity index is 2.47. The van der Waals surface area contributed by atoms with Gasteiger partial charge in [0.2, 0.25) is 5.78 Å². The van der Waals surface area contributed by atoms with Gasteiger partial charge in [-0.05, 0) is 13.0 Å². The van der Waals surface area contributed by atoms with Gasteiger partial charge in [-0.1, -0.05) is 23.2 Å². The van der Waals surface area contributed by atoms with Crippen LogP contribution >= 0.6 is 34.9 Å². The molecule has 132 valence electrons. The highest BCUT2D eigenvalue weighted by Gasteiger charge is 2.26. The van der Waals surface area contributed by atoms with Crippen molar-refractivity contribution in [1.29, 1.82) is 0 Å². The van der Waals surface area contributed by atoms with Crippen LogP contribution in [0.5, 0.6) is 0 Å². The third kappa shape index (κ3) is 4.50. The number of carbonyl (C=O) groups is 2. The summed E-state index contributed by atoms with van der Waals surface area (Å²) in [4.78, 5) is 29.8. The van der Waals surface area contributed by atoms with Crippen molar-refractivity contribution in [3.63, 3.8) is 0 Å². The van der Waals surface area contributed by atoms with Gasteiger partial charge in [0.15, 0.2) is 16.8 Å². The van der Waals surface area contributed by atoms with E-state index in [1.807, 2.05) is 0 Å².